The van der Waals surface area contributed by atoms with Crippen molar-refractivity contribution in [1.29, 1.82) is 0 Å². The van der Waals surface area contributed by atoms with Gasteiger partial charge in [0, 0.05) is 42.0 Å². The Morgan fingerprint density at radius 1 is 0.812 bits per heavy atom. The smallest absolute Gasteiger partial charge is 0.411 e. The number of pyridine rings is 1. The lowest BCUT2D eigenvalue weighted by Gasteiger charge is -2.36. The maximum atomic E-state index is 13.3. The number of amides is 1. The first-order valence-corrected chi connectivity index (χ1v) is 17.0. The quantitative estimate of drug-likeness (QED) is 0.183. The number of benzene rings is 2. The van der Waals surface area contributed by atoms with Crippen LogP contribution in [0.1, 0.15) is 95.5 Å². The summed E-state index contributed by atoms with van der Waals surface area (Å²) in [6, 6.07) is 16.2. The summed E-state index contributed by atoms with van der Waals surface area (Å²) in [6.07, 6.45) is 1.38. The number of Topliss-reactive ketones (excluding diaryl/α,β-unsaturated/α-hetero) is 2. The molecule has 0 radical (unpaired) electrons. The number of fused-ring (bicyclic) bond motifs is 1. The number of esters is 1. The van der Waals surface area contributed by atoms with Crippen LogP contribution in [0.15, 0.2) is 54.6 Å². The fraction of sp³-hybridized carbons (Fsp3) is 0.513. The second-order valence-electron chi connectivity index (χ2n) is 15.6. The first-order valence-electron chi connectivity index (χ1n) is 17.0. The molecule has 2 aromatic carbocycles. The molecule has 9 nitrogen and oxygen atoms in total. The normalized spacial score (nSPS) is 21.8. The number of carbonyl (C=O) groups is 4. The van der Waals surface area contributed by atoms with E-state index in [1.807, 2.05) is 49.4 Å². The zero-order chi connectivity index (χ0) is 35.0. The summed E-state index contributed by atoms with van der Waals surface area (Å²) in [7, 11) is 0. The molecule has 2 saturated heterocycles. The summed E-state index contributed by atoms with van der Waals surface area (Å²) in [5.74, 6) is -0.191. The zero-order valence-electron chi connectivity index (χ0n) is 29.5. The van der Waals surface area contributed by atoms with Crippen molar-refractivity contribution in [2.24, 2.45) is 11.8 Å². The van der Waals surface area contributed by atoms with E-state index < -0.39 is 30.3 Å². The Morgan fingerprint density at radius 3 is 2.15 bits per heavy atom. The van der Waals surface area contributed by atoms with Crippen molar-refractivity contribution in [3.8, 4) is 11.1 Å². The minimum Gasteiger partial charge on any atom is -0.456 e. The Labute approximate surface area is 284 Å². The number of likely N-dealkylation sites (tertiary alicyclic amines) is 2. The Kier molecular flexibility index (Phi) is 10.1. The van der Waals surface area contributed by atoms with Crippen LogP contribution in [0.3, 0.4) is 0 Å². The SMILES string of the molecule is C[C@H]1C[C@@H](C(=O)OCC(=O)c2ccc(-c3ccc4nc(C(=O)C[C@@H]5C[C@H](C)CN5C(C)(C)C)ccc4c3)cc2)N(C(=O)OC(C)(C)C)C1. The largest absolute Gasteiger partial charge is 0.456 e. The third-order valence-corrected chi connectivity index (χ3v) is 9.18. The summed E-state index contributed by atoms with van der Waals surface area (Å²) in [5.41, 5.74) is 2.86. The minimum absolute atomic E-state index is 0.0161. The van der Waals surface area contributed by atoms with E-state index in [4.69, 9.17) is 14.5 Å². The molecule has 1 aromatic heterocycles. The molecule has 2 aliphatic heterocycles. The van der Waals surface area contributed by atoms with Crippen molar-refractivity contribution in [2.45, 2.75) is 97.9 Å². The molecule has 0 aliphatic carbocycles. The molecular weight excluding hydrogens is 606 g/mol. The van der Waals surface area contributed by atoms with Gasteiger partial charge >= 0.3 is 12.1 Å². The van der Waals surface area contributed by atoms with Gasteiger partial charge in [-0.2, -0.15) is 0 Å². The van der Waals surface area contributed by atoms with Crippen LogP contribution in [0, 0.1) is 11.8 Å². The third kappa shape index (κ3) is 8.29. The number of hydrogen-bond acceptors (Lipinski definition) is 8. The second-order valence-corrected chi connectivity index (χ2v) is 15.6. The fourth-order valence-electron chi connectivity index (χ4n) is 6.90. The van der Waals surface area contributed by atoms with Gasteiger partial charge in [-0.3, -0.25) is 19.4 Å². The average molecular weight is 656 g/mol. The third-order valence-electron chi connectivity index (χ3n) is 9.18. The first-order chi connectivity index (χ1) is 22.5. The molecule has 0 N–H and O–H groups in total. The van der Waals surface area contributed by atoms with Crippen molar-refractivity contribution in [2.75, 3.05) is 19.7 Å². The summed E-state index contributed by atoms with van der Waals surface area (Å²) in [4.78, 5) is 60.3. The molecule has 1 amide bonds. The van der Waals surface area contributed by atoms with E-state index in [-0.39, 0.29) is 29.1 Å². The van der Waals surface area contributed by atoms with E-state index in [2.05, 4.69) is 32.6 Å². The van der Waals surface area contributed by atoms with Crippen LogP contribution in [0.5, 0.6) is 0 Å². The van der Waals surface area contributed by atoms with Gasteiger partial charge in [-0.15, -0.1) is 0 Å². The Hall–Kier alpha value is -4.11. The topological polar surface area (TPSA) is 106 Å². The van der Waals surface area contributed by atoms with Crippen LogP contribution < -0.4 is 0 Å². The highest BCUT2D eigenvalue weighted by molar-refractivity contribution is 5.99. The van der Waals surface area contributed by atoms with Crippen molar-refractivity contribution in [3.63, 3.8) is 0 Å². The zero-order valence-corrected chi connectivity index (χ0v) is 29.5. The maximum Gasteiger partial charge on any atom is 0.411 e. The predicted molar refractivity (Wildman–Crippen MR) is 186 cm³/mol. The molecule has 48 heavy (non-hydrogen) atoms. The van der Waals surface area contributed by atoms with Gasteiger partial charge in [0.1, 0.15) is 17.3 Å². The van der Waals surface area contributed by atoms with Crippen LogP contribution in [-0.4, -0.2) is 81.3 Å². The number of rotatable bonds is 8. The molecule has 2 aliphatic rings. The van der Waals surface area contributed by atoms with Gasteiger partial charge in [0.2, 0.25) is 0 Å². The van der Waals surface area contributed by atoms with Crippen molar-refractivity contribution in [3.05, 3.63) is 65.9 Å². The molecule has 5 rings (SSSR count). The Morgan fingerprint density at radius 2 is 1.48 bits per heavy atom. The summed E-state index contributed by atoms with van der Waals surface area (Å²) in [6.45, 7) is 17.1. The molecule has 0 saturated carbocycles. The van der Waals surface area contributed by atoms with Crippen molar-refractivity contribution < 1.29 is 28.7 Å². The average Bonchev–Trinajstić information content (AvgIpc) is 3.60. The molecule has 3 heterocycles. The van der Waals surface area contributed by atoms with E-state index in [1.165, 1.54) is 4.90 Å². The summed E-state index contributed by atoms with van der Waals surface area (Å²) >= 11 is 0. The number of hydrogen-bond donors (Lipinski definition) is 0. The molecule has 4 atom stereocenters. The van der Waals surface area contributed by atoms with E-state index in [0.717, 1.165) is 35.0 Å². The van der Waals surface area contributed by atoms with Gasteiger partial charge in [-0.05, 0) is 95.5 Å². The van der Waals surface area contributed by atoms with Gasteiger partial charge < -0.3 is 9.47 Å². The fourth-order valence-corrected chi connectivity index (χ4v) is 6.90. The van der Waals surface area contributed by atoms with Gasteiger partial charge in [0.25, 0.3) is 0 Å². The highest BCUT2D eigenvalue weighted by Gasteiger charge is 2.41. The van der Waals surface area contributed by atoms with E-state index >= 15 is 0 Å². The number of ketones is 2. The second kappa shape index (κ2) is 13.8. The summed E-state index contributed by atoms with van der Waals surface area (Å²) in [5, 5.41) is 0.920. The highest BCUT2D eigenvalue weighted by Crippen LogP contribution is 2.33. The number of carbonyl (C=O) groups excluding carboxylic acids is 4. The molecule has 0 spiro atoms. The van der Waals surface area contributed by atoms with Crippen LogP contribution in [0.4, 0.5) is 4.79 Å². The lowest BCUT2D eigenvalue weighted by atomic mass is 9.98. The van der Waals surface area contributed by atoms with E-state index in [1.54, 1.807) is 32.9 Å². The van der Waals surface area contributed by atoms with Gasteiger partial charge in [-0.25, -0.2) is 14.6 Å². The molecule has 0 unspecified atom stereocenters. The van der Waals surface area contributed by atoms with E-state index in [0.29, 0.717) is 36.6 Å². The van der Waals surface area contributed by atoms with Crippen LogP contribution in [-0.2, 0) is 14.3 Å². The molecule has 9 heteroatoms. The predicted octanol–water partition coefficient (Wildman–Crippen LogP) is 7.35. The number of nitrogens with zero attached hydrogens (tertiary/aromatic N) is 3. The van der Waals surface area contributed by atoms with E-state index in [9.17, 15) is 19.2 Å². The molecule has 3 aromatic rings. The van der Waals surface area contributed by atoms with Crippen molar-refractivity contribution >= 4 is 34.5 Å². The van der Waals surface area contributed by atoms with Crippen LogP contribution >= 0.6 is 0 Å². The molecule has 2 fully saturated rings. The van der Waals surface area contributed by atoms with Gasteiger partial charge in [0.15, 0.2) is 18.2 Å². The standard InChI is InChI=1S/C39H49N3O6/c1-24-17-30(42(22-24)38(3,4)5)20-34(43)32-16-14-29-19-28(13-15-31(29)40-32)26-9-11-27(12-10-26)35(44)23-47-36(45)33-18-25(2)21-41(33)37(46)48-39(6,7)8/h9-16,19,24-25,30,33H,17-18,20-23H2,1-8H3/t24-,25-,30-,33-/m0/s1. The van der Waals surface area contributed by atoms with Gasteiger partial charge in [-0.1, -0.05) is 50.2 Å². The summed E-state index contributed by atoms with van der Waals surface area (Å²) < 4.78 is 10.8. The lowest BCUT2D eigenvalue weighted by Crippen LogP contribution is -2.45. The highest BCUT2D eigenvalue weighted by atomic mass is 16.6. The Bertz CT molecular complexity index is 1690. The number of aromatic nitrogens is 1. The molecule has 256 valence electrons. The first kappa shape index (κ1) is 35.2. The lowest BCUT2D eigenvalue weighted by molar-refractivity contribution is -0.147. The van der Waals surface area contributed by atoms with Crippen LogP contribution in [0.25, 0.3) is 22.0 Å². The minimum atomic E-state index is -0.781. The van der Waals surface area contributed by atoms with Gasteiger partial charge in [0.05, 0.1) is 5.52 Å². The maximum absolute atomic E-state index is 13.3. The monoisotopic (exact) mass is 655 g/mol. The Balaban J connectivity index is 1.19. The molecular formula is C39H49N3O6. The molecule has 0 bridgehead atoms. The van der Waals surface area contributed by atoms with Crippen LogP contribution in [0.2, 0.25) is 0 Å². The van der Waals surface area contributed by atoms with Crippen molar-refractivity contribution in [1.82, 2.24) is 14.8 Å². The number of ether oxygens (including phenoxy) is 2.